The first-order valence-electron chi connectivity index (χ1n) is 11.8. The maximum atomic E-state index is 13.2. The third-order valence-corrected chi connectivity index (χ3v) is 9.10. The number of sulfonamides is 1. The van der Waals surface area contributed by atoms with Crippen LogP contribution in [-0.4, -0.2) is 38.8 Å². The van der Waals surface area contributed by atoms with Gasteiger partial charge in [0.1, 0.15) is 5.75 Å². The number of aryl methyl sites for hydroxylation is 1. The van der Waals surface area contributed by atoms with E-state index in [1.165, 1.54) is 4.31 Å². The van der Waals surface area contributed by atoms with Crippen LogP contribution in [0.1, 0.15) is 67.8 Å². The second-order valence-corrected chi connectivity index (χ2v) is 12.3. The molecule has 0 saturated carbocycles. The fourth-order valence-corrected chi connectivity index (χ4v) is 6.48. The summed E-state index contributed by atoms with van der Waals surface area (Å²) in [5, 5.41) is 3.81. The number of amides is 1. The molecule has 0 aliphatic carbocycles. The lowest BCUT2D eigenvalue weighted by Crippen LogP contribution is -2.46. The van der Waals surface area contributed by atoms with E-state index in [1.807, 2.05) is 19.9 Å². The highest BCUT2D eigenvalue weighted by Gasteiger charge is 2.33. The SMILES string of the molecule is COc1cc(C)c([C@@H](C)NC(=O)[C@@H]2CCCN(S(=O)(=O)Cc3ccc(Cl)c(Cl)c3)C2)cc1C(C)C. The number of nitrogens with one attached hydrogen (secondary N) is 1. The average molecular weight is 542 g/mol. The monoisotopic (exact) mass is 540 g/mol. The Kier molecular flexibility index (Phi) is 9.13. The molecule has 9 heteroatoms. The summed E-state index contributed by atoms with van der Waals surface area (Å²) in [5.41, 5.74) is 3.72. The van der Waals surface area contributed by atoms with Crippen LogP contribution >= 0.6 is 23.2 Å². The fourth-order valence-electron chi connectivity index (χ4n) is 4.56. The van der Waals surface area contributed by atoms with Gasteiger partial charge in [0.2, 0.25) is 15.9 Å². The standard InChI is InChI=1S/C26H34Cl2N2O4S/c1-16(2)21-13-22(17(3)11-25(21)34-5)18(4)29-26(31)20-7-6-10-30(14-20)35(32,33)15-19-8-9-23(27)24(28)12-19/h8-9,11-13,16,18,20H,6-7,10,14-15H2,1-5H3,(H,29,31)/t18-,20-/m1/s1. The first kappa shape index (κ1) is 27.8. The Balaban J connectivity index is 1.70. The molecule has 1 heterocycles. The topological polar surface area (TPSA) is 75.7 Å². The number of rotatable bonds is 8. The molecule has 192 valence electrons. The molecule has 1 N–H and O–H groups in total. The largest absolute Gasteiger partial charge is 0.496 e. The lowest BCUT2D eigenvalue weighted by molar-refractivity contribution is -0.126. The zero-order valence-electron chi connectivity index (χ0n) is 20.9. The van der Waals surface area contributed by atoms with Crippen molar-refractivity contribution >= 4 is 39.1 Å². The quantitative estimate of drug-likeness (QED) is 0.455. The molecule has 0 radical (unpaired) electrons. The molecule has 2 aromatic carbocycles. The molecule has 1 fully saturated rings. The van der Waals surface area contributed by atoms with Gasteiger partial charge in [-0.3, -0.25) is 4.79 Å². The van der Waals surface area contributed by atoms with Crippen LogP contribution in [0.5, 0.6) is 5.75 Å². The maximum absolute atomic E-state index is 13.2. The minimum Gasteiger partial charge on any atom is -0.496 e. The van der Waals surface area contributed by atoms with E-state index in [9.17, 15) is 13.2 Å². The van der Waals surface area contributed by atoms with Crippen molar-refractivity contribution in [3.8, 4) is 5.75 Å². The van der Waals surface area contributed by atoms with Crippen molar-refractivity contribution < 1.29 is 17.9 Å². The molecule has 0 aromatic heterocycles. The summed E-state index contributed by atoms with van der Waals surface area (Å²) in [6, 6.07) is 8.71. The van der Waals surface area contributed by atoms with Gasteiger partial charge in [-0.1, -0.05) is 43.1 Å². The lowest BCUT2D eigenvalue weighted by Gasteiger charge is -2.32. The van der Waals surface area contributed by atoms with Gasteiger partial charge >= 0.3 is 0 Å². The molecule has 1 amide bonds. The lowest BCUT2D eigenvalue weighted by atomic mass is 9.92. The number of halogens is 2. The van der Waals surface area contributed by atoms with Crippen LogP contribution < -0.4 is 10.1 Å². The second-order valence-electron chi connectivity index (χ2n) is 9.54. The van der Waals surface area contributed by atoms with E-state index in [0.717, 1.165) is 22.4 Å². The van der Waals surface area contributed by atoms with Crippen LogP contribution in [0.2, 0.25) is 10.0 Å². The summed E-state index contributed by atoms with van der Waals surface area (Å²) >= 11 is 12.0. The first-order chi connectivity index (χ1) is 16.4. The van der Waals surface area contributed by atoms with Crippen molar-refractivity contribution in [1.82, 2.24) is 9.62 Å². The molecule has 3 rings (SSSR count). The minimum atomic E-state index is -3.60. The Hall–Kier alpha value is -1.80. The Morgan fingerprint density at radius 3 is 2.49 bits per heavy atom. The van der Waals surface area contributed by atoms with E-state index in [4.69, 9.17) is 27.9 Å². The van der Waals surface area contributed by atoms with Crippen LogP contribution in [0.4, 0.5) is 0 Å². The van der Waals surface area contributed by atoms with Crippen molar-refractivity contribution in [3.05, 3.63) is 62.6 Å². The molecule has 35 heavy (non-hydrogen) atoms. The molecule has 2 atom stereocenters. The smallest absolute Gasteiger partial charge is 0.224 e. The zero-order valence-corrected chi connectivity index (χ0v) is 23.2. The summed E-state index contributed by atoms with van der Waals surface area (Å²) in [5.74, 6) is 0.401. The summed E-state index contributed by atoms with van der Waals surface area (Å²) in [4.78, 5) is 13.2. The van der Waals surface area contributed by atoms with Gasteiger partial charge in [-0.25, -0.2) is 12.7 Å². The molecular weight excluding hydrogens is 507 g/mol. The van der Waals surface area contributed by atoms with Crippen LogP contribution in [0.15, 0.2) is 30.3 Å². The number of ether oxygens (including phenoxy) is 1. The molecule has 0 bridgehead atoms. The highest BCUT2D eigenvalue weighted by atomic mass is 35.5. The van der Waals surface area contributed by atoms with Crippen molar-refractivity contribution in [2.45, 2.75) is 58.2 Å². The van der Waals surface area contributed by atoms with Crippen LogP contribution in [-0.2, 0) is 20.6 Å². The van der Waals surface area contributed by atoms with Gasteiger partial charge in [-0.05, 0) is 79.1 Å². The molecule has 1 saturated heterocycles. The highest BCUT2D eigenvalue weighted by Crippen LogP contribution is 2.32. The predicted molar refractivity (Wildman–Crippen MR) is 142 cm³/mol. The Bertz CT molecular complexity index is 1180. The summed E-state index contributed by atoms with van der Waals surface area (Å²) in [7, 11) is -1.94. The van der Waals surface area contributed by atoms with Gasteiger partial charge in [0, 0.05) is 13.1 Å². The van der Waals surface area contributed by atoms with E-state index in [2.05, 4.69) is 25.2 Å². The summed E-state index contributed by atoms with van der Waals surface area (Å²) in [6.45, 7) is 8.74. The number of hydrogen-bond acceptors (Lipinski definition) is 4. The number of methoxy groups -OCH3 is 1. The molecule has 0 unspecified atom stereocenters. The average Bonchev–Trinajstić information content (AvgIpc) is 2.80. The van der Waals surface area contributed by atoms with E-state index in [-0.39, 0.29) is 30.2 Å². The molecular formula is C26H34Cl2N2O4S. The molecule has 1 aliphatic rings. The van der Waals surface area contributed by atoms with Gasteiger partial charge in [0.15, 0.2) is 0 Å². The Morgan fingerprint density at radius 2 is 1.86 bits per heavy atom. The number of benzene rings is 2. The van der Waals surface area contributed by atoms with Gasteiger partial charge < -0.3 is 10.1 Å². The predicted octanol–water partition coefficient (Wildman–Crippen LogP) is 5.85. The van der Waals surface area contributed by atoms with Gasteiger partial charge in [-0.15, -0.1) is 0 Å². The maximum Gasteiger partial charge on any atom is 0.224 e. The number of carbonyl (C=O) groups excluding carboxylic acids is 1. The third kappa shape index (κ3) is 6.70. The van der Waals surface area contributed by atoms with Crippen LogP contribution in [0, 0.1) is 12.8 Å². The highest BCUT2D eigenvalue weighted by molar-refractivity contribution is 7.88. The minimum absolute atomic E-state index is 0.131. The number of hydrogen-bond donors (Lipinski definition) is 1. The molecule has 0 spiro atoms. The van der Waals surface area contributed by atoms with E-state index in [1.54, 1.807) is 25.3 Å². The molecule has 6 nitrogen and oxygen atoms in total. The van der Waals surface area contributed by atoms with Crippen molar-refractivity contribution in [3.63, 3.8) is 0 Å². The first-order valence-corrected chi connectivity index (χ1v) is 14.2. The van der Waals surface area contributed by atoms with Crippen molar-refractivity contribution in [2.75, 3.05) is 20.2 Å². The van der Waals surface area contributed by atoms with Gasteiger partial charge in [0.05, 0.1) is 34.9 Å². The fraction of sp³-hybridized carbons (Fsp3) is 0.500. The summed E-state index contributed by atoms with van der Waals surface area (Å²) in [6.07, 6.45) is 1.28. The van der Waals surface area contributed by atoms with E-state index < -0.39 is 15.9 Å². The summed E-state index contributed by atoms with van der Waals surface area (Å²) < 4.78 is 33.1. The van der Waals surface area contributed by atoms with Gasteiger partial charge in [0.25, 0.3) is 0 Å². The Labute approximate surface area is 219 Å². The van der Waals surface area contributed by atoms with Crippen molar-refractivity contribution in [2.24, 2.45) is 5.92 Å². The third-order valence-electron chi connectivity index (χ3n) is 6.55. The number of piperidine rings is 1. The molecule has 2 aromatic rings. The Morgan fingerprint density at radius 1 is 1.14 bits per heavy atom. The van der Waals surface area contributed by atoms with Crippen LogP contribution in [0.25, 0.3) is 0 Å². The number of carbonyl (C=O) groups is 1. The normalized spacial score (nSPS) is 17.9. The van der Waals surface area contributed by atoms with E-state index >= 15 is 0 Å². The van der Waals surface area contributed by atoms with Crippen LogP contribution in [0.3, 0.4) is 0 Å². The van der Waals surface area contributed by atoms with E-state index in [0.29, 0.717) is 35.0 Å². The zero-order chi connectivity index (χ0) is 25.9. The van der Waals surface area contributed by atoms with Gasteiger partial charge in [-0.2, -0.15) is 0 Å². The molecule has 1 aliphatic heterocycles. The van der Waals surface area contributed by atoms with Crippen molar-refractivity contribution in [1.29, 1.82) is 0 Å². The number of nitrogens with zero attached hydrogens (tertiary/aromatic N) is 1. The second kappa shape index (κ2) is 11.5.